The van der Waals surface area contributed by atoms with Crippen LogP contribution >= 0.6 is 0 Å². The Balaban J connectivity index is 1.37. The number of morpholine rings is 1. The van der Waals surface area contributed by atoms with E-state index >= 15 is 0 Å². The molecule has 7 nitrogen and oxygen atoms in total. The maximum Gasteiger partial charge on any atom is 0.403 e. The summed E-state index contributed by atoms with van der Waals surface area (Å²) in [7, 11) is 0. The number of rotatable bonds is 4. The topological polar surface area (TPSA) is 69.7 Å². The first-order valence-corrected chi connectivity index (χ1v) is 12.6. The molecule has 1 saturated heterocycles. The minimum Gasteiger partial charge on any atom is -0.378 e. The van der Waals surface area contributed by atoms with E-state index in [-0.39, 0.29) is 17.9 Å². The van der Waals surface area contributed by atoms with Crippen molar-refractivity contribution in [3.63, 3.8) is 0 Å². The van der Waals surface area contributed by atoms with Crippen molar-refractivity contribution < 1.29 is 22.7 Å². The highest BCUT2D eigenvalue weighted by atomic mass is 19.4. The second kappa shape index (κ2) is 10.3. The van der Waals surface area contributed by atoms with Crippen LogP contribution in [0.3, 0.4) is 0 Å². The third-order valence-electron chi connectivity index (χ3n) is 7.44. The van der Waals surface area contributed by atoms with Gasteiger partial charge >= 0.3 is 6.18 Å². The van der Waals surface area contributed by atoms with Crippen molar-refractivity contribution in [3.05, 3.63) is 42.1 Å². The van der Waals surface area contributed by atoms with Gasteiger partial charge in [0.2, 0.25) is 5.91 Å². The molecule has 10 heteroatoms. The molecule has 1 aromatic heterocycles. The SMILES string of the molecule is CC(N[C@H]1CC[C@@H](C(=O)N2Cc3cccnc3Nc3ccc(N4CCOCC4)cc32)CC1)C(F)(F)F. The number of fused-ring (bicyclic) bond motifs is 2. The molecule has 0 radical (unpaired) electrons. The number of anilines is 4. The summed E-state index contributed by atoms with van der Waals surface area (Å²) in [6.45, 7) is 4.44. The molecule has 0 bridgehead atoms. The number of carbonyl (C=O) groups is 1. The fourth-order valence-electron chi connectivity index (χ4n) is 5.30. The average molecular weight is 504 g/mol. The summed E-state index contributed by atoms with van der Waals surface area (Å²) in [6, 6.07) is 8.12. The lowest BCUT2D eigenvalue weighted by Crippen LogP contribution is -2.47. The molecular weight excluding hydrogens is 471 g/mol. The number of hydrogen-bond acceptors (Lipinski definition) is 6. The van der Waals surface area contributed by atoms with Crippen LogP contribution in [0.15, 0.2) is 36.5 Å². The van der Waals surface area contributed by atoms with Crippen LogP contribution in [0, 0.1) is 5.92 Å². The highest BCUT2D eigenvalue weighted by Crippen LogP contribution is 2.40. The van der Waals surface area contributed by atoms with Gasteiger partial charge in [-0.05, 0) is 56.9 Å². The Labute approximate surface area is 209 Å². The van der Waals surface area contributed by atoms with Crippen LogP contribution in [-0.4, -0.2) is 55.5 Å². The molecule has 2 aromatic rings. The largest absolute Gasteiger partial charge is 0.403 e. The molecule has 2 fully saturated rings. The lowest BCUT2D eigenvalue weighted by atomic mass is 9.84. The third-order valence-corrected chi connectivity index (χ3v) is 7.44. The molecule has 3 aliphatic rings. The van der Waals surface area contributed by atoms with Gasteiger partial charge in [-0.2, -0.15) is 13.2 Å². The van der Waals surface area contributed by atoms with E-state index < -0.39 is 12.2 Å². The zero-order chi connectivity index (χ0) is 25.3. The number of nitrogens with one attached hydrogen (secondary N) is 2. The Kier molecular flexibility index (Phi) is 7.07. The van der Waals surface area contributed by atoms with E-state index in [9.17, 15) is 18.0 Å². The molecule has 1 atom stereocenters. The lowest BCUT2D eigenvalue weighted by Gasteiger charge is -2.34. The Bertz CT molecular complexity index is 1080. The molecule has 1 saturated carbocycles. The second-order valence-electron chi connectivity index (χ2n) is 9.84. The second-order valence-corrected chi connectivity index (χ2v) is 9.84. The van der Waals surface area contributed by atoms with Crippen LogP contribution in [0.4, 0.5) is 36.1 Å². The van der Waals surface area contributed by atoms with Crippen LogP contribution < -0.4 is 20.4 Å². The van der Waals surface area contributed by atoms with Crippen LogP contribution in [0.2, 0.25) is 0 Å². The number of halogens is 3. The molecule has 1 unspecified atom stereocenters. The van der Waals surface area contributed by atoms with Crippen LogP contribution in [0.25, 0.3) is 0 Å². The summed E-state index contributed by atoms with van der Waals surface area (Å²) >= 11 is 0. The van der Waals surface area contributed by atoms with Crippen molar-refractivity contribution in [1.82, 2.24) is 10.3 Å². The minimum absolute atomic E-state index is 0.0104. The van der Waals surface area contributed by atoms with Crippen LogP contribution in [0.1, 0.15) is 38.2 Å². The van der Waals surface area contributed by atoms with E-state index in [1.54, 1.807) is 6.20 Å². The Hall–Kier alpha value is -2.85. The average Bonchev–Trinajstić information content (AvgIpc) is 3.05. The minimum atomic E-state index is -4.27. The zero-order valence-corrected chi connectivity index (χ0v) is 20.4. The predicted molar refractivity (Wildman–Crippen MR) is 133 cm³/mol. The van der Waals surface area contributed by atoms with Gasteiger partial charge in [0.25, 0.3) is 0 Å². The van der Waals surface area contributed by atoms with Gasteiger partial charge in [-0.25, -0.2) is 4.98 Å². The van der Waals surface area contributed by atoms with Gasteiger partial charge in [0.1, 0.15) is 11.9 Å². The molecule has 3 heterocycles. The highest BCUT2D eigenvalue weighted by molar-refractivity contribution is 6.00. The van der Waals surface area contributed by atoms with E-state index in [0.29, 0.717) is 45.4 Å². The molecule has 2 aliphatic heterocycles. The van der Waals surface area contributed by atoms with Gasteiger partial charge < -0.3 is 25.2 Å². The maximum absolute atomic E-state index is 13.9. The van der Waals surface area contributed by atoms with Gasteiger partial charge in [0, 0.05) is 42.5 Å². The van der Waals surface area contributed by atoms with E-state index in [1.807, 2.05) is 29.2 Å². The molecule has 1 amide bonds. The fourth-order valence-corrected chi connectivity index (χ4v) is 5.30. The van der Waals surface area contributed by atoms with Crippen LogP contribution in [-0.2, 0) is 16.1 Å². The number of amides is 1. The lowest BCUT2D eigenvalue weighted by molar-refractivity contribution is -0.154. The summed E-state index contributed by atoms with van der Waals surface area (Å²) < 4.78 is 44.4. The number of pyridine rings is 1. The number of nitrogens with zero attached hydrogens (tertiary/aromatic N) is 3. The van der Waals surface area contributed by atoms with E-state index in [1.165, 1.54) is 0 Å². The van der Waals surface area contributed by atoms with Crippen molar-refractivity contribution in [3.8, 4) is 0 Å². The van der Waals surface area contributed by atoms with Gasteiger partial charge in [-0.3, -0.25) is 4.79 Å². The van der Waals surface area contributed by atoms with Crippen molar-refractivity contribution in [2.75, 3.05) is 41.4 Å². The summed E-state index contributed by atoms with van der Waals surface area (Å²) in [4.78, 5) is 22.5. The van der Waals surface area contributed by atoms with E-state index in [2.05, 4.69) is 26.6 Å². The summed E-state index contributed by atoms with van der Waals surface area (Å²) in [5.41, 5.74) is 3.56. The Morgan fingerprint density at radius 2 is 1.92 bits per heavy atom. The fraction of sp³-hybridized carbons (Fsp3) is 0.538. The normalized spacial score (nSPS) is 23.2. The molecular formula is C26H32F3N5O2. The number of ether oxygens (including phenoxy) is 1. The summed E-state index contributed by atoms with van der Waals surface area (Å²) in [5.74, 6) is 0.501. The molecule has 0 spiro atoms. The third kappa shape index (κ3) is 5.29. The predicted octanol–water partition coefficient (Wildman–Crippen LogP) is 4.61. The quantitative estimate of drug-likeness (QED) is 0.635. The number of hydrogen-bond donors (Lipinski definition) is 2. The Morgan fingerprint density at radius 3 is 2.64 bits per heavy atom. The Morgan fingerprint density at radius 1 is 1.17 bits per heavy atom. The van der Waals surface area contributed by atoms with Gasteiger partial charge in [-0.1, -0.05) is 6.07 Å². The highest BCUT2D eigenvalue weighted by Gasteiger charge is 2.39. The first-order chi connectivity index (χ1) is 17.3. The first-order valence-electron chi connectivity index (χ1n) is 12.6. The van der Waals surface area contributed by atoms with E-state index in [0.717, 1.165) is 48.5 Å². The van der Waals surface area contributed by atoms with Crippen molar-refractivity contribution in [2.24, 2.45) is 5.92 Å². The van der Waals surface area contributed by atoms with Gasteiger partial charge in [0.15, 0.2) is 0 Å². The number of aromatic nitrogens is 1. The molecule has 1 aromatic carbocycles. The zero-order valence-electron chi connectivity index (χ0n) is 20.4. The standard InChI is InChI=1S/C26H32F3N5O2/c1-17(26(27,28)29)31-20-6-4-18(5-7-20)25(35)34-16-19-3-2-10-30-24(19)32-22-9-8-21(15-23(22)34)33-11-13-36-14-12-33/h2-3,8-10,15,17-18,20,31H,4-7,11-14,16H2,1H3,(H,30,32)/t17?,18-,20+. The van der Waals surface area contributed by atoms with Crippen molar-refractivity contribution in [1.29, 1.82) is 0 Å². The molecule has 194 valence electrons. The molecule has 36 heavy (non-hydrogen) atoms. The number of benzene rings is 1. The molecule has 1 aliphatic carbocycles. The number of alkyl halides is 3. The first kappa shape index (κ1) is 24.8. The van der Waals surface area contributed by atoms with Gasteiger partial charge in [0.05, 0.1) is 31.1 Å². The molecule has 2 N–H and O–H groups in total. The van der Waals surface area contributed by atoms with Crippen molar-refractivity contribution in [2.45, 2.75) is 57.4 Å². The van der Waals surface area contributed by atoms with Crippen LogP contribution in [0.5, 0.6) is 0 Å². The smallest absolute Gasteiger partial charge is 0.378 e. The maximum atomic E-state index is 13.9. The summed E-state index contributed by atoms with van der Waals surface area (Å²) in [6.07, 6.45) is -0.341. The molecule has 5 rings (SSSR count). The number of carbonyl (C=O) groups excluding carboxylic acids is 1. The summed E-state index contributed by atoms with van der Waals surface area (Å²) in [5, 5.41) is 6.10. The van der Waals surface area contributed by atoms with Gasteiger partial charge in [-0.15, -0.1) is 0 Å². The van der Waals surface area contributed by atoms with Crippen molar-refractivity contribution >= 4 is 28.8 Å². The monoisotopic (exact) mass is 503 g/mol. The van der Waals surface area contributed by atoms with E-state index in [4.69, 9.17) is 4.74 Å².